The Morgan fingerprint density at radius 2 is 2.09 bits per heavy atom. The Bertz CT molecular complexity index is 600. The summed E-state index contributed by atoms with van der Waals surface area (Å²) in [4.78, 5) is 26.8. The van der Waals surface area contributed by atoms with Crippen LogP contribution in [0, 0.1) is 5.41 Å². The lowest BCUT2D eigenvalue weighted by atomic mass is 10.0. The summed E-state index contributed by atoms with van der Waals surface area (Å²) in [6, 6.07) is 5.02. The van der Waals surface area contributed by atoms with Gasteiger partial charge in [-0.15, -0.1) is 0 Å². The van der Waals surface area contributed by atoms with Gasteiger partial charge in [0.05, 0.1) is 12.1 Å². The molecule has 23 heavy (non-hydrogen) atoms. The first-order chi connectivity index (χ1) is 10.9. The molecule has 1 fully saturated rings. The number of hydrogen-bond donors (Lipinski definition) is 1. The highest BCUT2D eigenvalue weighted by Gasteiger charge is 2.57. The number of amides is 2. The summed E-state index contributed by atoms with van der Waals surface area (Å²) in [6.45, 7) is 2.75. The van der Waals surface area contributed by atoms with E-state index >= 15 is 0 Å². The number of rotatable bonds is 7. The van der Waals surface area contributed by atoms with Gasteiger partial charge in [0.1, 0.15) is 11.2 Å². The summed E-state index contributed by atoms with van der Waals surface area (Å²) >= 11 is 6.06. The molecule has 0 radical (unpaired) electrons. The fraction of sp³-hybridized carbons (Fsp3) is 0.529. The topological polar surface area (TPSA) is 58.6 Å². The minimum atomic E-state index is -0.908. The average molecular weight is 339 g/mol. The molecule has 2 amide bonds. The Morgan fingerprint density at radius 1 is 1.39 bits per heavy atom. The summed E-state index contributed by atoms with van der Waals surface area (Å²) in [6.07, 6.45) is 3.14. The summed E-state index contributed by atoms with van der Waals surface area (Å²) < 4.78 is 5.09. The lowest BCUT2D eigenvalue weighted by Gasteiger charge is -2.23. The molecular weight excluding hydrogens is 316 g/mol. The summed E-state index contributed by atoms with van der Waals surface area (Å²) in [7, 11) is 3.29. The largest absolute Gasteiger partial charge is 0.495 e. The van der Waals surface area contributed by atoms with Crippen molar-refractivity contribution in [3.63, 3.8) is 0 Å². The Hall–Kier alpha value is -1.75. The summed E-state index contributed by atoms with van der Waals surface area (Å²) in [5, 5.41) is 3.22. The molecule has 5 nitrogen and oxygen atoms in total. The van der Waals surface area contributed by atoms with Gasteiger partial charge in [0.25, 0.3) is 0 Å². The highest BCUT2D eigenvalue weighted by atomic mass is 35.5. The van der Waals surface area contributed by atoms with Crippen LogP contribution in [0.2, 0.25) is 5.02 Å². The number of ether oxygens (including phenoxy) is 1. The SMILES string of the molecule is CCCCN(C)C(=O)C1(C(=O)Nc2ccc(OC)c(Cl)c2)CC1. The first-order valence-electron chi connectivity index (χ1n) is 7.85. The van der Waals surface area contributed by atoms with E-state index in [0.29, 0.717) is 35.8 Å². The third-order valence-electron chi connectivity index (χ3n) is 4.20. The Kier molecular flexibility index (Phi) is 5.52. The van der Waals surface area contributed by atoms with Gasteiger partial charge in [0.15, 0.2) is 0 Å². The van der Waals surface area contributed by atoms with Gasteiger partial charge < -0.3 is 15.0 Å². The van der Waals surface area contributed by atoms with Crippen LogP contribution in [-0.2, 0) is 9.59 Å². The van der Waals surface area contributed by atoms with Gasteiger partial charge in [0.2, 0.25) is 11.8 Å². The quantitative estimate of drug-likeness (QED) is 0.776. The molecule has 0 saturated heterocycles. The van der Waals surface area contributed by atoms with Gasteiger partial charge in [-0.05, 0) is 37.5 Å². The van der Waals surface area contributed by atoms with Crippen LogP contribution in [0.15, 0.2) is 18.2 Å². The lowest BCUT2D eigenvalue weighted by Crippen LogP contribution is -2.41. The van der Waals surface area contributed by atoms with Gasteiger partial charge >= 0.3 is 0 Å². The molecule has 6 heteroatoms. The molecule has 1 aliphatic rings. The molecule has 126 valence electrons. The van der Waals surface area contributed by atoms with Crippen molar-refractivity contribution in [3.8, 4) is 5.75 Å². The van der Waals surface area contributed by atoms with Gasteiger partial charge in [-0.25, -0.2) is 0 Å². The molecule has 0 atom stereocenters. The minimum Gasteiger partial charge on any atom is -0.495 e. The van der Waals surface area contributed by atoms with Gasteiger partial charge in [-0.1, -0.05) is 24.9 Å². The number of anilines is 1. The van der Waals surface area contributed by atoms with E-state index in [1.807, 2.05) is 0 Å². The predicted octanol–water partition coefficient (Wildman–Crippen LogP) is 3.33. The van der Waals surface area contributed by atoms with Crippen molar-refractivity contribution in [2.24, 2.45) is 5.41 Å². The Balaban J connectivity index is 2.05. The maximum Gasteiger partial charge on any atom is 0.240 e. The maximum absolute atomic E-state index is 12.6. The number of halogens is 1. The number of carbonyl (C=O) groups excluding carboxylic acids is 2. The lowest BCUT2D eigenvalue weighted by molar-refractivity contribution is -0.141. The van der Waals surface area contributed by atoms with Crippen molar-refractivity contribution >= 4 is 29.1 Å². The molecule has 0 aliphatic heterocycles. The van der Waals surface area contributed by atoms with Crippen LogP contribution >= 0.6 is 11.6 Å². The van der Waals surface area contributed by atoms with Crippen molar-refractivity contribution in [1.29, 1.82) is 0 Å². The maximum atomic E-state index is 12.6. The molecule has 0 spiro atoms. The van der Waals surface area contributed by atoms with E-state index < -0.39 is 5.41 Å². The van der Waals surface area contributed by atoms with Crippen molar-refractivity contribution in [2.75, 3.05) is 26.0 Å². The first kappa shape index (κ1) is 17.6. The van der Waals surface area contributed by atoms with Crippen molar-refractivity contribution in [3.05, 3.63) is 23.2 Å². The van der Waals surface area contributed by atoms with E-state index in [0.717, 1.165) is 12.8 Å². The van der Waals surface area contributed by atoms with Gasteiger partial charge in [-0.2, -0.15) is 0 Å². The second kappa shape index (κ2) is 7.21. The monoisotopic (exact) mass is 338 g/mol. The molecule has 1 aromatic carbocycles. The number of methoxy groups -OCH3 is 1. The molecule has 2 rings (SSSR count). The molecule has 1 aromatic rings. The molecule has 0 bridgehead atoms. The predicted molar refractivity (Wildman–Crippen MR) is 90.8 cm³/mol. The minimum absolute atomic E-state index is 0.0944. The fourth-order valence-corrected chi connectivity index (χ4v) is 2.78. The summed E-state index contributed by atoms with van der Waals surface area (Å²) in [5.41, 5.74) is -0.342. The Morgan fingerprint density at radius 3 is 2.61 bits per heavy atom. The highest BCUT2D eigenvalue weighted by molar-refractivity contribution is 6.32. The Labute approximate surface area is 141 Å². The number of nitrogens with zero attached hydrogens (tertiary/aromatic N) is 1. The van der Waals surface area contributed by atoms with E-state index in [2.05, 4.69) is 12.2 Å². The fourth-order valence-electron chi connectivity index (χ4n) is 2.52. The van der Waals surface area contributed by atoms with Crippen LogP contribution in [0.25, 0.3) is 0 Å². The van der Waals surface area contributed by atoms with Crippen LogP contribution in [0.3, 0.4) is 0 Å². The number of unbranched alkanes of at least 4 members (excludes halogenated alkanes) is 1. The second-order valence-electron chi connectivity index (χ2n) is 5.97. The smallest absolute Gasteiger partial charge is 0.240 e. The highest BCUT2D eigenvalue weighted by Crippen LogP contribution is 2.48. The molecule has 1 aliphatic carbocycles. The van der Waals surface area contributed by atoms with E-state index in [1.54, 1.807) is 30.1 Å². The molecular formula is C17H23ClN2O3. The zero-order chi connectivity index (χ0) is 17.0. The molecule has 0 aromatic heterocycles. The van der Waals surface area contributed by atoms with E-state index in [9.17, 15) is 9.59 Å². The van der Waals surface area contributed by atoms with E-state index in [-0.39, 0.29) is 11.8 Å². The second-order valence-corrected chi connectivity index (χ2v) is 6.37. The zero-order valence-corrected chi connectivity index (χ0v) is 14.6. The van der Waals surface area contributed by atoms with Crippen LogP contribution in [0.4, 0.5) is 5.69 Å². The standard InChI is InChI=1S/C17H23ClN2O3/c1-4-5-10-20(2)16(22)17(8-9-17)15(21)19-12-6-7-14(23-3)13(18)11-12/h6-7,11H,4-5,8-10H2,1-3H3,(H,19,21). The van der Waals surface area contributed by atoms with Crippen molar-refractivity contribution in [2.45, 2.75) is 32.6 Å². The van der Waals surface area contributed by atoms with Crippen molar-refractivity contribution < 1.29 is 14.3 Å². The zero-order valence-electron chi connectivity index (χ0n) is 13.8. The van der Waals surface area contributed by atoms with Gasteiger partial charge in [-0.3, -0.25) is 9.59 Å². The van der Waals surface area contributed by atoms with Crippen LogP contribution in [0.5, 0.6) is 5.75 Å². The van der Waals surface area contributed by atoms with Crippen LogP contribution in [-0.4, -0.2) is 37.4 Å². The molecule has 1 saturated carbocycles. The number of hydrogen-bond acceptors (Lipinski definition) is 3. The number of benzene rings is 1. The third-order valence-corrected chi connectivity index (χ3v) is 4.49. The van der Waals surface area contributed by atoms with E-state index in [1.165, 1.54) is 7.11 Å². The molecule has 0 heterocycles. The summed E-state index contributed by atoms with van der Waals surface area (Å²) in [5.74, 6) is 0.191. The molecule has 1 N–H and O–H groups in total. The van der Waals surface area contributed by atoms with Crippen LogP contribution in [0.1, 0.15) is 32.6 Å². The molecule has 0 unspecified atom stereocenters. The van der Waals surface area contributed by atoms with E-state index in [4.69, 9.17) is 16.3 Å². The first-order valence-corrected chi connectivity index (χ1v) is 8.23. The van der Waals surface area contributed by atoms with Crippen molar-refractivity contribution in [1.82, 2.24) is 4.90 Å². The number of nitrogens with one attached hydrogen (secondary N) is 1. The van der Waals surface area contributed by atoms with Gasteiger partial charge in [0, 0.05) is 19.3 Å². The normalized spacial score (nSPS) is 15.0. The number of carbonyl (C=O) groups is 2. The average Bonchev–Trinajstić information content (AvgIpc) is 3.34. The third kappa shape index (κ3) is 3.78. The van der Waals surface area contributed by atoms with Crippen LogP contribution < -0.4 is 10.1 Å².